The highest BCUT2D eigenvalue weighted by atomic mass is 16.5. The summed E-state index contributed by atoms with van der Waals surface area (Å²) in [4.78, 5) is 14.6. The van der Waals surface area contributed by atoms with Gasteiger partial charge in [0.25, 0.3) is 5.91 Å². The Kier molecular flexibility index (Phi) is 9.53. The van der Waals surface area contributed by atoms with Crippen LogP contribution < -0.4 is 0 Å². The smallest absolute Gasteiger partial charge is 0.254 e. The molecule has 3 nitrogen and oxygen atoms in total. The van der Waals surface area contributed by atoms with E-state index in [1.807, 2.05) is 17.0 Å². The van der Waals surface area contributed by atoms with Gasteiger partial charge in [-0.25, -0.2) is 0 Å². The van der Waals surface area contributed by atoms with Crippen LogP contribution in [0.4, 0.5) is 0 Å². The summed E-state index contributed by atoms with van der Waals surface area (Å²) >= 11 is 0. The average Bonchev–Trinajstić information content (AvgIpc) is 3.19. The first-order valence-corrected chi connectivity index (χ1v) is 12.2. The largest absolute Gasteiger partial charge is 0.381 e. The molecule has 1 aliphatic heterocycles. The molecule has 2 aliphatic rings. The molecule has 0 bridgehead atoms. The Morgan fingerprint density at radius 1 is 0.931 bits per heavy atom. The van der Waals surface area contributed by atoms with Crippen LogP contribution in [-0.4, -0.2) is 36.6 Å². The van der Waals surface area contributed by atoms with Crippen LogP contribution in [0.15, 0.2) is 24.3 Å². The second-order valence-corrected chi connectivity index (χ2v) is 9.28. The fraction of sp³-hybridized carbons (Fsp3) is 0.731. The standard InChI is InChI=1S/C26H41NO2/c1-22-11-10-19-27(22)26(28)25-17-15-23(16-18-25)12-6-3-2-4-9-20-29-21-24-13-7-5-8-14-24/h15-18,22,24H,2-14,19-21H2,1H3/t22-/m1/s1. The lowest BCUT2D eigenvalue weighted by molar-refractivity contribution is 0.0747. The minimum absolute atomic E-state index is 0.201. The molecule has 3 rings (SSSR count). The van der Waals surface area contributed by atoms with Crippen LogP contribution >= 0.6 is 0 Å². The first-order valence-electron chi connectivity index (χ1n) is 12.2. The van der Waals surface area contributed by atoms with Gasteiger partial charge in [0.1, 0.15) is 0 Å². The highest BCUT2D eigenvalue weighted by Crippen LogP contribution is 2.24. The summed E-state index contributed by atoms with van der Waals surface area (Å²) in [6.45, 7) is 5.01. The van der Waals surface area contributed by atoms with Crippen LogP contribution in [0.5, 0.6) is 0 Å². The average molecular weight is 400 g/mol. The second kappa shape index (κ2) is 12.4. The zero-order valence-electron chi connectivity index (χ0n) is 18.5. The molecule has 1 heterocycles. The van der Waals surface area contributed by atoms with E-state index >= 15 is 0 Å². The van der Waals surface area contributed by atoms with Crippen molar-refractivity contribution in [2.45, 2.75) is 96.4 Å². The zero-order chi connectivity index (χ0) is 20.3. The van der Waals surface area contributed by atoms with E-state index in [0.29, 0.717) is 6.04 Å². The highest BCUT2D eigenvalue weighted by molar-refractivity contribution is 5.94. The monoisotopic (exact) mass is 399 g/mol. The topological polar surface area (TPSA) is 29.5 Å². The van der Waals surface area contributed by atoms with E-state index in [-0.39, 0.29) is 5.91 Å². The number of benzene rings is 1. The van der Waals surface area contributed by atoms with Crippen molar-refractivity contribution >= 4 is 5.91 Å². The van der Waals surface area contributed by atoms with Crippen molar-refractivity contribution in [2.24, 2.45) is 5.92 Å². The molecule has 0 aromatic heterocycles. The van der Waals surface area contributed by atoms with Gasteiger partial charge in [0.2, 0.25) is 0 Å². The summed E-state index contributed by atoms with van der Waals surface area (Å²) in [5.41, 5.74) is 2.20. The zero-order valence-corrected chi connectivity index (χ0v) is 18.5. The number of carbonyl (C=O) groups excluding carboxylic acids is 1. The van der Waals surface area contributed by atoms with Gasteiger partial charge in [0.15, 0.2) is 0 Å². The van der Waals surface area contributed by atoms with Gasteiger partial charge in [-0.3, -0.25) is 4.79 Å². The Hall–Kier alpha value is -1.35. The van der Waals surface area contributed by atoms with Crippen LogP contribution in [0.1, 0.15) is 99.9 Å². The molecule has 0 N–H and O–H groups in total. The number of carbonyl (C=O) groups is 1. The van der Waals surface area contributed by atoms with Gasteiger partial charge in [0.05, 0.1) is 0 Å². The number of hydrogen-bond donors (Lipinski definition) is 0. The van der Waals surface area contributed by atoms with E-state index in [0.717, 1.165) is 50.5 Å². The van der Waals surface area contributed by atoms with Crippen LogP contribution in [0.25, 0.3) is 0 Å². The van der Waals surface area contributed by atoms with E-state index < -0.39 is 0 Å². The maximum Gasteiger partial charge on any atom is 0.254 e. The molecule has 0 spiro atoms. The molecule has 1 aliphatic carbocycles. The lowest BCUT2D eigenvalue weighted by Crippen LogP contribution is -2.33. The van der Waals surface area contributed by atoms with Crippen LogP contribution in [-0.2, 0) is 11.2 Å². The quantitative estimate of drug-likeness (QED) is 0.403. The molecule has 1 atom stereocenters. The van der Waals surface area contributed by atoms with Crippen LogP contribution in [0.2, 0.25) is 0 Å². The Balaban J connectivity index is 1.21. The fourth-order valence-electron chi connectivity index (χ4n) is 4.88. The number of unbranched alkanes of at least 4 members (excludes halogenated alkanes) is 4. The van der Waals surface area contributed by atoms with Gasteiger partial charge in [0, 0.05) is 31.4 Å². The lowest BCUT2D eigenvalue weighted by Gasteiger charge is -2.21. The molecule has 1 saturated heterocycles. The van der Waals surface area contributed by atoms with Crippen molar-refractivity contribution in [2.75, 3.05) is 19.8 Å². The van der Waals surface area contributed by atoms with Gasteiger partial charge in [-0.1, -0.05) is 50.7 Å². The number of amides is 1. The van der Waals surface area contributed by atoms with E-state index in [2.05, 4.69) is 19.1 Å². The number of aryl methyl sites for hydroxylation is 1. The molecule has 1 amide bonds. The Morgan fingerprint density at radius 3 is 2.38 bits per heavy atom. The van der Waals surface area contributed by atoms with E-state index in [9.17, 15) is 4.79 Å². The summed E-state index contributed by atoms with van der Waals surface area (Å²) < 4.78 is 5.89. The SMILES string of the molecule is C[C@@H]1CCCN1C(=O)c1ccc(CCCCCCCOCC2CCCCC2)cc1. The molecule has 1 aromatic rings. The maximum atomic E-state index is 12.6. The third-order valence-electron chi connectivity index (χ3n) is 6.85. The van der Waals surface area contributed by atoms with Gasteiger partial charge in [-0.15, -0.1) is 0 Å². The number of hydrogen-bond acceptors (Lipinski definition) is 2. The van der Waals surface area contributed by atoms with Crippen molar-refractivity contribution < 1.29 is 9.53 Å². The van der Waals surface area contributed by atoms with Crippen molar-refractivity contribution in [3.8, 4) is 0 Å². The summed E-state index contributed by atoms with van der Waals surface area (Å²) in [5, 5.41) is 0. The molecule has 1 saturated carbocycles. The minimum Gasteiger partial charge on any atom is -0.381 e. The fourth-order valence-corrected chi connectivity index (χ4v) is 4.88. The predicted molar refractivity (Wildman–Crippen MR) is 120 cm³/mol. The Bertz CT molecular complexity index is 591. The van der Waals surface area contributed by atoms with Gasteiger partial charge < -0.3 is 9.64 Å². The second-order valence-electron chi connectivity index (χ2n) is 9.28. The summed E-state index contributed by atoms with van der Waals surface area (Å²) in [5.74, 6) is 1.04. The van der Waals surface area contributed by atoms with E-state index in [1.54, 1.807) is 0 Å². The first-order chi connectivity index (χ1) is 14.2. The third kappa shape index (κ3) is 7.44. The summed E-state index contributed by atoms with van der Waals surface area (Å²) in [7, 11) is 0. The van der Waals surface area contributed by atoms with E-state index in [4.69, 9.17) is 4.74 Å². The molecule has 2 fully saturated rings. The van der Waals surface area contributed by atoms with Crippen molar-refractivity contribution in [3.05, 3.63) is 35.4 Å². The first kappa shape index (κ1) is 22.3. The Labute approximate surface area is 178 Å². The molecular weight excluding hydrogens is 358 g/mol. The van der Waals surface area contributed by atoms with Crippen molar-refractivity contribution in [1.29, 1.82) is 0 Å². The molecular formula is C26H41NO2. The predicted octanol–water partition coefficient (Wildman–Crippen LogP) is 6.40. The summed E-state index contributed by atoms with van der Waals surface area (Å²) in [6.07, 6.45) is 16.7. The number of ether oxygens (including phenoxy) is 1. The number of rotatable bonds is 11. The summed E-state index contributed by atoms with van der Waals surface area (Å²) in [6, 6.07) is 8.72. The minimum atomic E-state index is 0.201. The third-order valence-corrected chi connectivity index (χ3v) is 6.85. The molecule has 0 radical (unpaired) electrons. The highest BCUT2D eigenvalue weighted by Gasteiger charge is 2.25. The van der Waals surface area contributed by atoms with Gasteiger partial charge in [-0.2, -0.15) is 0 Å². The molecule has 0 unspecified atom stereocenters. The van der Waals surface area contributed by atoms with Crippen LogP contribution in [0.3, 0.4) is 0 Å². The van der Waals surface area contributed by atoms with E-state index in [1.165, 1.54) is 69.8 Å². The number of likely N-dealkylation sites (tertiary alicyclic amines) is 1. The van der Waals surface area contributed by atoms with Gasteiger partial charge >= 0.3 is 0 Å². The maximum absolute atomic E-state index is 12.6. The normalized spacial score (nSPS) is 20.3. The number of nitrogens with zero attached hydrogens (tertiary/aromatic N) is 1. The van der Waals surface area contributed by atoms with Crippen molar-refractivity contribution in [3.63, 3.8) is 0 Å². The van der Waals surface area contributed by atoms with Gasteiger partial charge in [-0.05, 0) is 75.5 Å². The van der Waals surface area contributed by atoms with Crippen molar-refractivity contribution in [1.82, 2.24) is 4.90 Å². The van der Waals surface area contributed by atoms with Crippen LogP contribution in [0, 0.1) is 5.92 Å². The Morgan fingerprint density at radius 2 is 1.66 bits per heavy atom. The molecule has 1 aromatic carbocycles. The molecule has 29 heavy (non-hydrogen) atoms. The molecule has 3 heteroatoms. The molecule has 162 valence electrons. The lowest BCUT2D eigenvalue weighted by atomic mass is 9.90.